The summed E-state index contributed by atoms with van der Waals surface area (Å²) in [7, 11) is 2.13. The number of ether oxygens (including phenoxy) is 2. The fourth-order valence-corrected chi connectivity index (χ4v) is 2.56. The molecule has 1 aromatic rings. The highest BCUT2D eigenvalue weighted by Gasteiger charge is 2.27. The Bertz CT molecular complexity index is 490. The molecule has 4 nitrogen and oxygen atoms in total. The molecule has 1 aliphatic rings. The Morgan fingerprint density at radius 3 is 2.76 bits per heavy atom. The van der Waals surface area contributed by atoms with Crippen molar-refractivity contribution in [2.75, 3.05) is 33.4 Å². The normalized spacial score (nSPS) is 21.1. The van der Waals surface area contributed by atoms with E-state index in [9.17, 15) is 0 Å². The van der Waals surface area contributed by atoms with Gasteiger partial charge in [0.1, 0.15) is 12.4 Å². The molecule has 0 bridgehead atoms. The summed E-state index contributed by atoms with van der Waals surface area (Å²) in [5.74, 6) is 6.70. The van der Waals surface area contributed by atoms with Crippen molar-refractivity contribution >= 4 is 0 Å². The average Bonchev–Trinajstić information content (AvgIpc) is 2.92. The molecule has 0 saturated carbocycles. The van der Waals surface area contributed by atoms with Crippen LogP contribution in [-0.4, -0.2) is 50.4 Å². The van der Waals surface area contributed by atoms with Gasteiger partial charge in [0.2, 0.25) is 0 Å². The number of hydrogen-bond donors (Lipinski definition) is 1. The molecule has 21 heavy (non-hydrogen) atoms. The predicted molar refractivity (Wildman–Crippen MR) is 84.3 cm³/mol. The highest BCUT2D eigenvalue weighted by molar-refractivity contribution is 5.38. The number of nitrogens with zero attached hydrogens (tertiary/aromatic N) is 1. The maximum absolute atomic E-state index is 5.78. The van der Waals surface area contributed by atoms with E-state index in [0.29, 0.717) is 25.3 Å². The van der Waals surface area contributed by atoms with E-state index in [1.807, 2.05) is 24.3 Å². The molecule has 2 N–H and O–H groups in total. The molecule has 1 saturated heterocycles. The molecule has 0 radical (unpaired) electrons. The van der Waals surface area contributed by atoms with Crippen LogP contribution >= 0.6 is 0 Å². The monoisotopic (exact) mass is 288 g/mol. The molecule has 1 aliphatic heterocycles. The van der Waals surface area contributed by atoms with E-state index in [4.69, 9.17) is 15.2 Å². The van der Waals surface area contributed by atoms with Gasteiger partial charge in [-0.25, -0.2) is 0 Å². The van der Waals surface area contributed by atoms with Gasteiger partial charge in [0, 0.05) is 24.8 Å². The highest BCUT2D eigenvalue weighted by Crippen LogP contribution is 2.18. The van der Waals surface area contributed by atoms with Crippen LogP contribution in [0.5, 0.6) is 5.75 Å². The Hall–Kier alpha value is -1.54. The Labute approximate surface area is 127 Å². The van der Waals surface area contributed by atoms with E-state index in [1.165, 1.54) is 0 Å². The fourth-order valence-electron chi connectivity index (χ4n) is 2.56. The van der Waals surface area contributed by atoms with Crippen LogP contribution in [0.25, 0.3) is 0 Å². The number of rotatable bonds is 5. The molecule has 2 atom stereocenters. The lowest BCUT2D eigenvalue weighted by atomic mass is 10.1. The van der Waals surface area contributed by atoms with E-state index in [2.05, 4.69) is 30.7 Å². The summed E-state index contributed by atoms with van der Waals surface area (Å²) in [4.78, 5) is 2.32. The van der Waals surface area contributed by atoms with E-state index < -0.39 is 0 Å². The molecule has 0 aromatic heterocycles. The topological polar surface area (TPSA) is 47.7 Å². The average molecular weight is 288 g/mol. The smallest absolute Gasteiger partial charge is 0.119 e. The molecule has 1 heterocycles. The minimum Gasteiger partial charge on any atom is -0.492 e. The molecule has 1 fully saturated rings. The third-order valence-corrected chi connectivity index (χ3v) is 3.80. The van der Waals surface area contributed by atoms with Gasteiger partial charge >= 0.3 is 0 Å². The highest BCUT2D eigenvalue weighted by atomic mass is 16.5. The SMILES string of the molecule is CC1OCCC1N(C)CCOc1ccc(C#CCN)cc1. The summed E-state index contributed by atoms with van der Waals surface area (Å²) in [6, 6.07) is 8.30. The second-order valence-corrected chi connectivity index (χ2v) is 5.29. The van der Waals surface area contributed by atoms with Gasteiger partial charge in [-0.1, -0.05) is 11.8 Å². The minimum absolute atomic E-state index is 0.315. The molecular formula is C17H24N2O2. The number of likely N-dealkylation sites (N-methyl/N-ethyl adjacent to an activating group) is 1. The third kappa shape index (κ3) is 4.75. The second kappa shape index (κ2) is 8.04. The zero-order chi connectivity index (χ0) is 15.1. The largest absolute Gasteiger partial charge is 0.492 e. The maximum atomic E-state index is 5.78. The first-order chi connectivity index (χ1) is 10.2. The van der Waals surface area contributed by atoms with E-state index in [-0.39, 0.29) is 0 Å². The van der Waals surface area contributed by atoms with Crippen molar-refractivity contribution in [2.24, 2.45) is 5.73 Å². The van der Waals surface area contributed by atoms with Crippen LogP contribution in [-0.2, 0) is 4.74 Å². The molecule has 2 unspecified atom stereocenters. The van der Waals surface area contributed by atoms with Gasteiger partial charge < -0.3 is 15.2 Å². The third-order valence-electron chi connectivity index (χ3n) is 3.80. The zero-order valence-electron chi connectivity index (χ0n) is 12.8. The Kier molecular flexibility index (Phi) is 6.06. The Balaban J connectivity index is 1.75. The van der Waals surface area contributed by atoms with Crippen molar-refractivity contribution in [3.63, 3.8) is 0 Å². The van der Waals surface area contributed by atoms with Crippen molar-refractivity contribution in [1.82, 2.24) is 4.90 Å². The first-order valence-electron chi connectivity index (χ1n) is 7.44. The van der Waals surface area contributed by atoms with Crippen molar-refractivity contribution < 1.29 is 9.47 Å². The first-order valence-corrected chi connectivity index (χ1v) is 7.44. The fraction of sp³-hybridized carbons (Fsp3) is 0.529. The molecule has 4 heteroatoms. The van der Waals surface area contributed by atoms with E-state index in [0.717, 1.165) is 30.9 Å². The summed E-state index contributed by atoms with van der Waals surface area (Å²) in [5, 5.41) is 0. The summed E-state index contributed by atoms with van der Waals surface area (Å²) in [6.45, 7) is 4.95. The van der Waals surface area contributed by atoms with E-state index in [1.54, 1.807) is 0 Å². The summed E-state index contributed by atoms with van der Waals surface area (Å²) < 4.78 is 11.4. The zero-order valence-corrected chi connectivity index (χ0v) is 12.8. The van der Waals surface area contributed by atoms with Gasteiger partial charge in [-0.2, -0.15) is 0 Å². The van der Waals surface area contributed by atoms with Crippen molar-refractivity contribution in [2.45, 2.75) is 25.5 Å². The molecular weight excluding hydrogens is 264 g/mol. The van der Waals surface area contributed by atoms with Crippen LogP contribution in [0, 0.1) is 11.8 Å². The van der Waals surface area contributed by atoms with Crippen LogP contribution in [0.15, 0.2) is 24.3 Å². The van der Waals surface area contributed by atoms with E-state index >= 15 is 0 Å². The van der Waals surface area contributed by atoms with Crippen LogP contribution in [0.1, 0.15) is 18.9 Å². The standard InChI is InChI=1S/C17H24N2O2/c1-14-17(9-12-20-14)19(2)11-13-21-16-7-5-15(6-8-16)4-3-10-18/h5-8,14,17H,9-13,18H2,1-2H3. The van der Waals surface area contributed by atoms with Gasteiger partial charge in [-0.05, 0) is 44.7 Å². The first kappa shape index (κ1) is 15.8. The minimum atomic E-state index is 0.315. The lowest BCUT2D eigenvalue weighted by Gasteiger charge is -2.26. The Morgan fingerprint density at radius 2 is 2.14 bits per heavy atom. The van der Waals surface area contributed by atoms with Crippen molar-refractivity contribution in [1.29, 1.82) is 0 Å². The van der Waals surface area contributed by atoms with Gasteiger partial charge in [-0.3, -0.25) is 4.90 Å². The summed E-state index contributed by atoms with van der Waals surface area (Å²) >= 11 is 0. The number of benzene rings is 1. The van der Waals surface area contributed by atoms with Crippen LogP contribution in [0.4, 0.5) is 0 Å². The molecule has 0 amide bonds. The second-order valence-electron chi connectivity index (χ2n) is 5.29. The molecule has 0 spiro atoms. The van der Waals surface area contributed by atoms with Gasteiger partial charge in [0.05, 0.1) is 12.6 Å². The summed E-state index contributed by atoms with van der Waals surface area (Å²) in [5.41, 5.74) is 6.31. The van der Waals surface area contributed by atoms with Gasteiger partial charge in [0.15, 0.2) is 0 Å². The molecule has 1 aromatic carbocycles. The number of hydrogen-bond acceptors (Lipinski definition) is 4. The van der Waals surface area contributed by atoms with Crippen LogP contribution in [0.3, 0.4) is 0 Å². The predicted octanol–water partition coefficient (Wildman–Crippen LogP) is 1.48. The molecule has 2 rings (SSSR count). The maximum Gasteiger partial charge on any atom is 0.119 e. The van der Waals surface area contributed by atoms with Gasteiger partial charge in [-0.15, -0.1) is 0 Å². The Morgan fingerprint density at radius 1 is 1.38 bits per heavy atom. The van der Waals surface area contributed by atoms with Gasteiger partial charge in [0.25, 0.3) is 0 Å². The quantitative estimate of drug-likeness (QED) is 0.834. The molecule has 0 aliphatic carbocycles. The lowest BCUT2D eigenvalue weighted by molar-refractivity contribution is 0.0787. The molecule has 114 valence electrons. The summed E-state index contributed by atoms with van der Waals surface area (Å²) in [6.07, 6.45) is 1.42. The van der Waals surface area contributed by atoms with Crippen LogP contribution < -0.4 is 10.5 Å². The number of nitrogens with two attached hydrogens (primary N) is 1. The van der Waals surface area contributed by atoms with Crippen molar-refractivity contribution in [3.05, 3.63) is 29.8 Å². The van der Waals surface area contributed by atoms with Crippen molar-refractivity contribution in [3.8, 4) is 17.6 Å². The lowest BCUT2D eigenvalue weighted by Crippen LogP contribution is -2.39. The van der Waals surface area contributed by atoms with Crippen LogP contribution in [0.2, 0.25) is 0 Å².